The maximum atomic E-state index is 11.1. The van der Waals surface area contributed by atoms with Crippen LogP contribution in [0.4, 0.5) is 4.79 Å². The van der Waals surface area contributed by atoms with Crippen LogP contribution in [-0.4, -0.2) is 35.5 Å². The summed E-state index contributed by atoms with van der Waals surface area (Å²) in [6, 6.07) is 0.0511. The van der Waals surface area contributed by atoms with Crippen LogP contribution in [0.25, 0.3) is 0 Å². The number of nitrogens with one attached hydrogen (secondary N) is 1. The standard InChI is InChI=1S/C8H11N3OS/c12-8-9-2-4-11(8)3-1-7-5-13-6-10-7/h5-6H,1-4H2,(H,9,12). The monoisotopic (exact) mass is 197 g/mol. The number of carbonyl (C=O) groups is 1. The van der Waals surface area contributed by atoms with E-state index < -0.39 is 0 Å². The Labute approximate surface area is 80.6 Å². The van der Waals surface area contributed by atoms with Gasteiger partial charge in [0.1, 0.15) is 0 Å². The molecule has 70 valence electrons. The van der Waals surface area contributed by atoms with E-state index in [1.807, 2.05) is 15.8 Å². The number of thiazole rings is 1. The number of aromatic nitrogens is 1. The number of carbonyl (C=O) groups excluding carboxylic acids is 1. The molecular formula is C8H11N3OS. The van der Waals surface area contributed by atoms with Gasteiger partial charge in [0.15, 0.2) is 0 Å². The van der Waals surface area contributed by atoms with E-state index in [9.17, 15) is 4.79 Å². The molecule has 0 spiro atoms. The summed E-state index contributed by atoms with van der Waals surface area (Å²) in [5.41, 5.74) is 2.89. The van der Waals surface area contributed by atoms with Gasteiger partial charge in [-0.1, -0.05) is 0 Å². The van der Waals surface area contributed by atoms with E-state index in [0.29, 0.717) is 0 Å². The number of rotatable bonds is 3. The summed E-state index contributed by atoms with van der Waals surface area (Å²) in [5.74, 6) is 0. The van der Waals surface area contributed by atoms with Crippen LogP contribution in [0.3, 0.4) is 0 Å². The van der Waals surface area contributed by atoms with Gasteiger partial charge in [0.2, 0.25) is 0 Å². The van der Waals surface area contributed by atoms with E-state index in [-0.39, 0.29) is 6.03 Å². The number of urea groups is 1. The highest BCUT2D eigenvalue weighted by atomic mass is 32.1. The van der Waals surface area contributed by atoms with Crippen molar-refractivity contribution in [2.24, 2.45) is 0 Å². The van der Waals surface area contributed by atoms with Crippen LogP contribution in [0.15, 0.2) is 10.9 Å². The van der Waals surface area contributed by atoms with Crippen molar-refractivity contribution >= 4 is 17.4 Å². The zero-order valence-corrected chi connectivity index (χ0v) is 8.01. The summed E-state index contributed by atoms with van der Waals surface area (Å²) < 4.78 is 0. The smallest absolute Gasteiger partial charge is 0.317 e. The molecule has 1 aromatic rings. The minimum Gasteiger partial charge on any atom is -0.336 e. The topological polar surface area (TPSA) is 45.2 Å². The van der Waals surface area contributed by atoms with Gasteiger partial charge in [-0.2, -0.15) is 0 Å². The fourth-order valence-corrected chi connectivity index (χ4v) is 1.93. The molecule has 2 amide bonds. The van der Waals surface area contributed by atoms with Gasteiger partial charge < -0.3 is 10.2 Å². The molecule has 0 bridgehead atoms. The Bertz CT molecular complexity index is 286. The van der Waals surface area contributed by atoms with E-state index in [1.54, 1.807) is 11.3 Å². The molecule has 1 aliphatic heterocycles. The average Bonchev–Trinajstić information content (AvgIpc) is 2.72. The Morgan fingerprint density at radius 1 is 1.69 bits per heavy atom. The number of amides is 2. The molecule has 1 aliphatic rings. The van der Waals surface area contributed by atoms with Gasteiger partial charge in [0.05, 0.1) is 11.2 Å². The summed E-state index contributed by atoms with van der Waals surface area (Å²) in [6.07, 6.45) is 0.858. The van der Waals surface area contributed by atoms with Crippen molar-refractivity contribution in [3.05, 3.63) is 16.6 Å². The zero-order chi connectivity index (χ0) is 9.10. The van der Waals surface area contributed by atoms with Crippen LogP contribution in [0.5, 0.6) is 0 Å². The Morgan fingerprint density at radius 2 is 2.62 bits per heavy atom. The second-order valence-electron chi connectivity index (χ2n) is 2.95. The molecule has 4 nitrogen and oxygen atoms in total. The maximum absolute atomic E-state index is 11.1. The van der Waals surface area contributed by atoms with E-state index in [2.05, 4.69) is 10.3 Å². The molecule has 0 aromatic carbocycles. The van der Waals surface area contributed by atoms with Gasteiger partial charge in [-0.25, -0.2) is 9.78 Å². The highest BCUT2D eigenvalue weighted by molar-refractivity contribution is 7.07. The molecule has 13 heavy (non-hydrogen) atoms. The third-order valence-electron chi connectivity index (χ3n) is 2.07. The summed E-state index contributed by atoms with van der Waals surface area (Å²) in [7, 11) is 0. The van der Waals surface area contributed by atoms with Crippen molar-refractivity contribution in [2.45, 2.75) is 6.42 Å². The summed E-state index contributed by atoms with van der Waals surface area (Å²) in [4.78, 5) is 17.1. The second-order valence-corrected chi connectivity index (χ2v) is 3.67. The van der Waals surface area contributed by atoms with Gasteiger partial charge in [0, 0.05) is 31.4 Å². The van der Waals surface area contributed by atoms with Crippen molar-refractivity contribution < 1.29 is 4.79 Å². The molecule has 0 unspecified atom stereocenters. The summed E-state index contributed by atoms with van der Waals surface area (Å²) >= 11 is 1.59. The minimum atomic E-state index is 0.0511. The summed E-state index contributed by atoms with van der Waals surface area (Å²) in [5, 5.41) is 4.79. The van der Waals surface area contributed by atoms with E-state index in [1.165, 1.54) is 0 Å². The van der Waals surface area contributed by atoms with Crippen LogP contribution in [-0.2, 0) is 6.42 Å². The first-order chi connectivity index (χ1) is 6.36. The predicted octanol–water partition coefficient (Wildman–Crippen LogP) is 0.711. The Morgan fingerprint density at radius 3 is 3.23 bits per heavy atom. The Kier molecular flexibility index (Phi) is 2.44. The van der Waals surface area contributed by atoms with Crippen molar-refractivity contribution in [3.8, 4) is 0 Å². The predicted molar refractivity (Wildman–Crippen MR) is 50.8 cm³/mol. The quantitative estimate of drug-likeness (QED) is 0.775. The molecule has 1 saturated heterocycles. The molecule has 5 heteroatoms. The first kappa shape index (κ1) is 8.50. The highest BCUT2D eigenvalue weighted by Crippen LogP contribution is 2.04. The largest absolute Gasteiger partial charge is 0.336 e. The fourth-order valence-electron chi connectivity index (χ4n) is 1.33. The highest BCUT2D eigenvalue weighted by Gasteiger charge is 2.18. The van der Waals surface area contributed by atoms with Gasteiger partial charge in [-0.05, 0) is 0 Å². The molecule has 0 radical (unpaired) electrons. The van der Waals surface area contributed by atoms with E-state index in [0.717, 1.165) is 31.7 Å². The first-order valence-corrected chi connectivity index (χ1v) is 5.20. The molecular weight excluding hydrogens is 186 g/mol. The molecule has 0 atom stereocenters. The minimum absolute atomic E-state index is 0.0511. The molecule has 1 aromatic heterocycles. The van der Waals surface area contributed by atoms with Crippen LogP contribution >= 0.6 is 11.3 Å². The molecule has 1 fully saturated rings. The summed E-state index contributed by atoms with van der Waals surface area (Å²) in [6.45, 7) is 2.37. The molecule has 2 rings (SSSR count). The zero-order valence-electron chi connectivity index (χ0n) is 7.19. The lowest BCUT2D eigenvalue weighted by Gasteiger charge is -2.12. The number of hydrogen-bond acceptors (Lipinski definition) is 3. The average molecular weight is 197 g/mol. The van der Waals surface area contributed by atoms with Gasteiger partial charge in [-0.15, -0.1) is 11.3 Å². The lowest BCUT2D eigenvalue weighted by atomic mass is 10.3. The van der Waals surface area contributed by atoms with Crippen molar-refractivity contribution in [1.82, 2.24) is 15.2 Å². The van der Waals surface area contributed by atoms with Crippen LogP contribution in [0, 0.1) is 0 Å². The normalized spacial score (nSPS) is 16.3. The van der Waals surface area contributed by atoms with Crippen LogP contribution < -0.4 is 5.32 Å². The van der Waals surface area contributed by atoms with Crippen molar-refractivity contribution in [3.63, 3.8) is 0 Å². The molecule has 0 aliphatic carbocycles. The van der Waals surface area contributed by atoms with E-state index in [4.69, 9.17) is 0 Å². The van der Waals surface area contributed by atoms with Gasteiger partial charge >= 0.3 is 6.03 Å². The van der Waals surface area contributed by atoms with Crippen molar-refractivity contribution in [1.29, 1.82) is 0 Å². The third-order valence-corrected chi connectivity index (χ3v) is 2.70. The Hall–Kier alpha value is -1.10. The second kappa shape index (κ2) is 3.74. The molecule has 0 saturated carbocycles. The molecule has 1 N–H and O–H groups in total. The maximum Gasteiger partial charge on any atom is 0.317 e. The SMILES string of the molecule is O=C1NCCN1CCc1cscn1. The molecule has 2 heterocycles. The van der Waals surface area contributed by atoms with Crippen LogP contribution in [0.2, 0.25) is 0 Å². The number of hydrogen-bond donors (Lipinski definition) is 1. The van der Waals surface area contributed by atoms with Gasteiger partial charge in [-0.3, -0.25) is 0 Å². The lowest BCUT2D eigenvalue weighted by molar-refractivity contribution is 0.218. The fraction of sp³-hybridized carbons (Fsp3) is 0.500. The van der Waals surface area contributed by atoms with Crippen LogP contribution in [0.1, 0.15) is 5.69 Å². The first-order valence-electron chi connectivity index (χ1n) is 4.26. The van der Waals surface area contributed by atoms with Gasteiger partial charge in [0.25, 0.3) is 0 Å². The van der Waals surface area contributed by atoms with Crippen molar-refractivity contribution in [2.75, 3.05) is 19.6 Å². The van der Waals surface area contributed by atoms with E-state index >= 15 is 0 Å². The third kappa shape index (κ3) is 1.98. The number of nitrogens with zero attached hydrogens (tertiary/aromatic N) is 2. The lowest BCUT2D eigenvalue weighted by Crippen LogP contribution is -2.30. The Balaban J connectivity index is 1.82.